The predicted molar refractivity (Wildman–Crippen MR) is 64.0 cm³/mol. The van der Waals surface area contributed by atoms with Crippen molar-refractivity contribution in [2.24, 2.45) is 0 Å². The molecular formula is C11H11BrO2S. The minimum Gasteiger partial charge on any atom is -0.462 e. The van der Waals surface area contributed by atoms with Crippen LogP contribution in [0.25, 0.3) is 0 Å². The van der Waals surface area contributed by atoms with Crippen LogP contribution in [0.1, 0.15) is 13.3 Å². The van der Waals surface area contributed by atoms with E-state index < -0.39 is 0 Å². The standard InChI is InChI=1S/C11H11BrO2S/c1-7-6-10(11(13)14-7)15-9-5-3-2-4-8(9)12/h2-5,7,10H,6H2,1H3/t7-,10-/m0/s1. The number of carbonyl (C=O) groups excluding carboxylic acids is 1. The first-order chi connectivity index (χ1) is 7.16. The van der Waals surface area contributed by atoms with Gasteiger partial charge in [-0.05, 0) is 35.0 Å². The quantitative estimate of drug-likeness (QED) is 0.781. The van der Waals surface area contributed by atoms with Crippen molar-refractivity contribution in [1.82, 2.24) is 0 Å². The zero-order chi connectivity index (χ0) is 10.8. The summed E-state index contributed by atoms with van der Waals surface area (Å²) in [5, 5.41) is -0.0568. The summed E-state index contributed by atoms with van der Waals surface area (Å²) in [6.45, 7) is 1.93. The van der Waals surface area contributed by atoms with Crippen LogP contribution in [0.4, 0.5) is 0 Å². The number of benzene rings is 1. The number of cyclic esters (lactones) is 1. The number of esters is 1. The molecule has 2 rings (SSSR count). The van der Waals surface area contributed by atoms with Crippen LogP contribution in [-0.4, -0.2) is 17.3 Å². The van der Waals surface area contributed by atoms with Crippen molar-refractivity contribution < 1.29 is 9.53 Å². The van der Waals surface area contributed by atoms with Crippen LogP contribution in [0.3, 0.4) is 0 Å². The molecule has 0 radical (unpaired) electrons. The van der Waals surface area contributed by atoms with Crippen molar-refractivity contribution in [3.05, 3.63) is 28.7 Å². The number of thioether (sulfide) groups is 1. The Hall–Kier alpha value is -0.480. The molecular weight excluding hydrogens is 276 g/mol. The minimum absolute atomic E-state index is 0.0532. The Morgan fingerprint density at radius 3 is 2.80 bits per heavy atom. The first kappa shape index (κ1) is 11.0. The van der Waals surface area contributed by atoms with Crippen LogP contribution >= 0.6 is 27.7 Å². The molecule has 2 nitrogen and oxygen atoms in total. The lowest BCUT2D eigenvalue weighted by Gasteiger charge is -2.06. The Labute approximate surface area is 102 Å². The molecule has 1 aromatic rings. The smallest absolute Gasteiger partial charge is 0.319 e. The van der Waals surface area contributed by atoms with Gasteiger partial charge in [-0.25, -0.2) is 0 Å². The maximum Gasteiger partial charge on any atom is 0.319 e. The fraction of sp³-hybridized carbons (Fsp3) is 0.364. The number of rotatable bonds is 2. The summed E-state index contributed by atoms with van der Waals surface area (Å²) in [7, 11) is 0. The molecule has 80 valence electrons. The molecule has 0 saturated carbocycles. The second-order valence-electron chi connectivity index (χ2n) is 3.52. The summed E-state index contributed by atoms with van der Waals surface area (Å²) < 4.78 is 6.14. The molecule has 4 heteroatoms. The van der Waals surface area contributed by atoms with Gasteiger partial charge in [0, 0.05) is 15.8 Å². The van der Waals surface area contributed by atoms with E-state index in [4.69, 9.17) is 4.74 Å². The zero-order valence-corrected chi connectivity index (χ0v) is 10.7. The molecule has 1 heterocycles. The van der Waals surface area contributed by atoms with Crippen LogP contribution in [0.15, 0.2) is 33.6 Å². The Morgan fingerprint density at radius 1 is 1.47 bits per heavy atom. The second-order valence-corrected chi connectivity index (χ2v) is 5.62. The van der Waals surface area contributed by atoms with E-state index in [9.17, 15) is 4.79 Å². The molecule has 0 aliphatic carbocycles. The topological polar surface area (TPSA) is 26.3 Å². The summed E-state index contributed by atoms with van der Waals surface area (Å²) in [6.07, 6.45) is 0.850. The van der Waals surface area contributed by atoms with Crippen molar-refractivity contribution >= 4 is 33.7 Å². The van der Waals surface area contributed by atoms with Gasteiger partial charge in [-0.1, -0.05) is 12.1 Å². The number of carbonyl (C=O) groups is 1. The van der Waals surface area contributed by atoms with Gasteiger partial charge in [-0.2, -0.15) is 0 Å². The summed E-state index contributed by atoms with van der Waals surface area (Å²) >= 11 is 5.03. The number of hydrogen-bond donors (Lipinski definition) is 0. The molecule has 0 amide bonds. The first-order valence-corrected chi connectivity index (χ1v) is 6.46. The molecule has 15 heavy (non-hydrogen) atoms. The molecule has 0 spiro atoms. The minimum atomic E-state index is -0.0942. The Kier molecular flexibility index (Phi) is 3.36. The van der Waals surface area contributed by atoms with Crippen LogP contribution in [0, 0.1) is 0 Å². The molecule has 1 aliphatic rings. The van der Waals surface area contributed by atoms with Gasteiger partial charge in [0.2, 0.25) is 0 Å². The highest BCUT2D eigenvalue weighted by Crippen LogP contribution is 2.35. The largest absolute Gasteiger partial charge is 0.462 e. The Bertz CT molecular complexity index is 381. The molecule has 2 atom stereocenters. The highest BCUT2D eigenvalue weighted by molar-refractivity contribution is 9.10. The zero-order valence-electron chi connectivity index (χ0n) is 8.27. The highest BCUT2D eigenvalue weighted by Gasteiger charge is 2.32. The Morgan fingerprint density at radius 2 is 2.20 bits per heavy atom. The summed E-state index contributed by atoms with van der Waals surface area (Å²) in [6, 6.07) is 7.91. The first-order valence-electron chi connectivity index (χ1n) is 4.78. The number of hydrogen-bond acceptors (Lipinski definition) is 3. The van der Waals surface area contributed by atoms with E-state index in [0.717, 1.165) is 15.8 Å². The van der Waals surface area contributed by atoms with Crippen LogP contribution in [0.5, 0.6) is 0 Å². The van der Waals surface area contributed by atoms with E-state index in [0.29, 0.717) is 0 Å². The maximum absolute atomic E-state index is 11.4. The normalized spacial score (nSPS) is 25.3. The number of ether oxygens (including phenoxy) is 1. The van der Waals surface area contributed by atoms with Gasteiger partial charge in [-0.3, -0.25) is 4.79 Å². The van der Waals surface area contributed by atoms with Gasteiger partial charge in [-0.15, -0.1) is 11.8 Å². The molecule has 1 aromatic carbocycles. The van der Waals surface area contributed by atoms with Gasteiger partial charge in [0.05, 0.1) is 0 Å². The van der Waals surface area contributed by atoms with E-state index in [-0.39, 0.29) is 17.3 Å². The van der Waals surface area contributed by atoms with Crippen LogP contribution in [0.2, 0.25) is 0 Å². The van der Waals surface area contributed by atoms with Gasteiger partial charge < -0.3 is 4.74 Å². The monoisotopic (exact) mass is 286 g/mol. The number of halogens is 1. The molecule has 1 saturated heterocycles. The fourth-order valence-corrected chi connectivity index (χ4v) is 3.24. The predicted octanol–water partition coefficient (Wildman–Crippen LogP) is 3.25. The van der Waals surface area contributed by atoms with Crippen molar-refractivity contribution in [1.29, 1.82) is 0 Å². The van der Waals surface area contributed by atoms with Crippen LogP contribution < -0.4 is 0 Å². The lowest BCUT2D eigenvalue weighted by Crippen LogP contribution is -2.09. The molecule has 0 unspecified atom stereocenters. The maximum atomic E-state index is 11.4. The molecule has 0 bridgehead atoms. The van der Waals surface area contributed by atoms with E-state index in [2.05, 4.69) is 15.9 Å². The van der Waals surface area contributed by atoms with Gasteiger partial charge in [0.1, 0.15) is 11.4 Å². The molecule has 1 fully saturated rings. The van der Waals surface area contributed by atoms with Gasteiger partial charge in [0.15, 0.2) is 0 Å². The molecule has 1 aliphatic heterocycles. The third-order valence-electron chi connectivity index (χ3n) is 2.23. The molecule has 0 N–H and O–H groups in total. The fourth-order valence-electron chi connectivity index (χ4n) is 1.51. The van der Waals surface area contributed by atoms with E-state index in [1.165, 1.54) is 0 Å². The highest BCUT2D eigenvalue weighted by atomic mass is 79.9. The van der Waals surface area contributed by atoms with Crippen molar-refractivity contribution in [2.75, 3.05) is 0 Å². The van der Waals surface area contributed by atoms with Crippen molar-refractivity contribution in [3.8, 4) is 0 Å². The summed E-state index contributed by atoms with van der Waals surface area (Å²) in [5.41, 5.74) is 0. The van der Waals surface area contributed by atoms with E-state index >= 15 is 0 Å². The summed E-state index contributed by atoms with van der Waals surface area (Å²) in [5.74, 6) is -0.0942. The van der Waals surface area contributed by atoms with E-state index in [1.807, 2.05) is 31.2 Å². The lowest BCUT2D eigenvalue weighted by atomic mass is 10.3. The Balaban J connectivity index is 2.09. The van der Waals surface area contributed by atoms with Crippen LogP contribution in [-0.2, 0) is 9.53 Å². The summed E-state index contributed by atoms with van der Waals surface area (Å²) in [4.78, 5) is 12.5. The molecule has 0 aromatic heterocycles. The average molecular weight is 287 g/mol. The third-order valence-corrected chi connectivity index (χ3v) is 4.47. The van der Waals surface area contributed by atoms with Crippen molar-refractivity contribution in [2.45, 2.75) is 29.6 Å². The SMILES string of the molecule is C[C@H]1C[C@H](Sc2ccccc2Br)C(=O)O1. The average Bonchev–Trinajstić information content (AvgIpc) is 2.49. The third kappa shape index (κ3) is 2.55. The van der Waals surface area contributed by atoms with Crippen molar-refractivity contribution in [3.63, 3.8) is 0 Å². The van der Waals surface area contributed by atoms with Gasteiger partial charge in [0.25, 0.3) is 0 Å². The van der Waals surface area contributed by atoms with Gasteiger partial charge >= 0.3 is 5.97 Å². The van der Waals surface area contributed by atoms with E-state index in [1.54, 1.807) is 11.8 Å². The second kappa shape index (κ2) is 4.58. The lowest BCUT2D eigenvalue weighted by molar-refractivity contribution is -0.140.